The minimum atomic E-state index is 0.308. The summed E-state index contributed by atoms with van der Waals surface area (Å²) in [5.74, 6) is 0. The first-order chi connectivity index (χ1) is 8.66. The topological polar surface area (TPSA) is 63.8 Å². The van der Waals surface area contributed by atoms with Crippen LogP contribution in [0.15, 0.2) is 23.7 Å². The van der Waals surface area contributed by atoms with Crippen molar-refractivity contribution in [3.63, 3.8) is 0 Å². The third kappa shape index (κ3) is 3.24. The van der Waals surface area contributed by atoms with Gasteiger partial charge in [0.2, 0.25) is 0 Å². The van der Waals surface area contributed by atoms with Gasteiger partial charge in [0.15, 0.2) is 0 Å². The predicted molar refractivity (Wildman–Crippen MR) is 79.2 cm³/mol. The first-order valence-electron chi connectivity index (χ1n) is 5.56. The summed E-state index contributed by atoms with van der Waals surface area (Å²) in [7, 11) is 0. The molecule has 0 saturated heterocycles. The molecule has 0 bridgehead atoms. The zero-order valence-electron chi connectivity index (χ0n) is 10.0. The zero-order valence-corrected chi connectivity index (χ0v) is 11.6. The Balaban J connectivity index is 1.96. The number of aryl methyl sites for hydroxylation is 1. The highest BCUT2D eigenvalue weighted by Crippen LogP contribution is 2.13. The molecular weight excluding hydrogens is 264 g/mol. The normalized spacial score (nSPS) is 10.3. The van der Waals surface area contributed by atoms with E-state index >= 15 is 0 Å². The number of thiocarbonyl (C=S) groups is 1. The molecule has 0 spiro atoms. The van der Waals surface area contributed by atoms with E-state index in [1.165, 1.54) is 0 Å². The lowest BCUT2D eigenvalue weighted by Gasteiger charge is -2.09. The van der Waals surface area contributed by atoms with E-state index in [1.807, 2.05) is 19.1 Å². The van der Waals surface area contributed by atoms with Crippen LogP contribution in [0.3, 0.4) is 0 Å². The van der Waals surface area contributed by atoms with Crippen molar-refractivity contribution in [2.45, 2.75) is 13.3 Å². The van der Waals surface area contributed by atoms with E-state index < -0.39 is 0 Å². The van der Waals surface area contributed by atoms with E-state index in [4.69, 9.17) is 18.0 Å². The molecule has 2 heterocycles. The third-order valence-corrected chi connectivity index (χ3v) is 3.42. The highest BCUT2D eigenvalue weighted by atomic mass is 32.1. The van der Waals surface area contributed by atoms with Crippen molar-refractivity contribution in [2.24, 2.45) is 5.73 Å². The molecule has 3 N–H and O–H groups in total. The number of anilines is 1. The zero-order chi connectivity index (χ0) is 13.0. The van der Waals surface area contributed by atoms with Gasteiger partial charge in [-0.1, -0.05) is 12.2 Å². The van der Waals surface area contributed by atoms with Crippen LogP contribution in [-0.2, 0) is 6.42 Å². The van der Waals surface area contributed by atoms with E-state index in [-0.39, 0.29) is 0 Å². The van der Waals surface area contributed by atoms with Crippen molar-refractivity contribution in [3.05, 3.63) is 40.1 Å². The molecule has 2 aromatic rings. The van der Waals surface area contributed by atoms with Gasteiger partial charge in [-0.15, -0.1) is 11.3 Å². The highest BCUT2D eigenvalue weighted by Gasteiger charge is 2.05. The molecule has 0 aromatic carbocycles. The fourth-order valence-electron chi connectivity index (χ4n) is 1.59. The highest BCUT2D eigenvalue weighted by molar-refractivity contribution is 7.80. The first-order valence-corrected chi connectivity index (χ1v) is 6.85. The summed E-state index contributed by atoms with van der Waals surface area (Å²) < 4.78 is 0. The van der Waals surface area contributed by atoms with E-state index in [2.05, 4.69) is 20.7 Å². The molecule has 0 saturated carbocycles. The molecule has 0 atom stereocenters. The van der Waals surface area contributed by atoms with Gasteiger partial charge in [-0.05, 0) is 19.1 Å². The molecule has 0 fully saturated rings. The molecule has 6 heteroatoms. The number of hydrogen-bond donors (Lipinski definition) is 2. The summed E-state index contributed by atoms with van der Waals surface area (Å²) in [6.07, 6.45) is 2.56. The van der Waals surface area contributed by atoms with E-state index in [1.54, 1.807) is 17.5 Å². The summed E-state index contributed by atoms with van der Waals surface area (Å²) in [5.41, 5.74) is 8.23. The minimum absolute atomic E-state index is 0.308. The van der Waals surface area contributed by atoms with E-state index in [9.17, 15) is 0 Å². The summed E-state index contributed by atoms with van der Waals surface area (Å²) in [5, 5.41) is 6.46. The number of nitrogens with one attached hydrogen (secondary N) is 1. The Morgan fingerprint density at radius 2 is 2.39 bits per heavy atom. The lowest BCUT2D eigenvalue weighted by Crippen LogP contribution is -2.16. The average Bonchev–Trinajstić information content (AvgIpc) is 2.75. The van der Waals surface area contributed by atoms with Crippen molar-refractivity contribution in [1.82, 2.24) is 9.97 Å². The molecule has 18 heavy (non-hydrogen) atoms. The number of nitrogens with zero attached hydrogens (tertiary/aromatic N) is 2. The van der Waals surface area contributed by atoms with Gasteiger partial charge in [0.05, 0.1) is 16.4 Å². The Morgan fingerprint density at radius 3 is 3.06 bits per heavy atom. The number of rotatable bonds is 5. The molecule has 94 valence electrons. The maximum atomic E-state index is 5.62. The molecule has 2 aromatic heterocycles. The van der Waals surface area contributed by atoms with Crippen molar-refractivity contribution in [1.29, 1.82) is 0 Å². The Bertz CT molecular complexity index is 551. The summed E-state index contributed by atoms with van der Waals surface area (Å²) >= 11 is 6.63. The fourth-order valence-corrected chi connectivity index (χ4v) is 2.40. The van der Waals surface area contributed by atoms with Gasteiger partial charge in [-0.3, -0.25) is 4.98 Å². The summed E-state index contributed by atoms with van der Waals surface area (Å²) in [6.45, 7) is 2.79. The molecule has 0 aliphatic heterocycles. The Hall–Kier alpha value is -1.53. The second-order valence-electron chi connectivity index (χ2n) is 3.80. The average molecular weight is 278 g/mol. The van der Waals surface area contributed by atoms with Gasteiger partial charge in [0, 0.05) is 24.5 Å². The number of thiazole rings is 1. The summed E-state index contributed by atoms with van der Waals surface area (Å²) in [4.78, 5) is 8.89. The minimum Gasteiger partial charge on any atom is -0.388 e. The Kier molecular flexibility index (Phi) is 4.22. The first kappa shape index (κ1) is 12.9. The number of aromatic nitrogens is 2. The predicted octanol–water partition coefficient (Wildman–Crippen LogP) is 2.14. The van der Waals surface area contributed by atoms with Crippen LogP contribution in [0.1, 0.15) is 16.4 Å². The number of hydrogen-bond acceptors (Lipinski definition) is 5. The third-order valence-electron chi connectivity index (χ3n) is 2.40. The summed E-state index contributed by atoms with van der Waals surface area (Å²) in [6, 6.07) is 3.78. The molecule has 0 aliphatic carbocycles. The van der Waals surface area contributed by atoms with Crippen LogP contribution in [-0.4, -0.2) is 21.5 Å². The van der Waals surface area contributed by atoms with Crippen LogP contribution in [0.5, 0.6) is 0 Å². The molecule has 4 nitrogen and oxygen atoms in total. The maximum absolute atomic E-state index is 5.62. The van der Waals surface area contributed by atoms with Crippen LogP contribution in [0.25, 0.3) is 0 Å². The second-order valence-corrected chi connectivity index (χ2v) is 5.30. The van der Waals surface area contributed by atoms with Gasteiger partial charge >= 0.3 is 0 Å². The molecule has 0 amide bonds. The van der Waals surface area contributed by atoms with Crippen LogP contribution in [0.4, 0.5) is 5.69 Å². The lowest BCUT2D eigenvalue weighted by molar-refractivity contribution is 0.966. The van der Waals surface area contributed by atoms with Gasteiger partial charge in [0.1, 0.15) is 10.7 Å². The van der Waals surface area contributed by atoms with Crippen molar-refractivity contribution in [2.75, 3.05) is 11.9 Å². The fraction of sp³-hybridized carbons (Fsp3) is 0.250. The second kappa shape index (κ2) is 5.88. The quantitative estimate of drug-likeness (QED) is 0.820. The monoisotopic (exact) mass is 278 g/mol. The van der Waals surface area contributed by atoms with Crippen molar-refractivity contribution >= 4 is 34.2 Å². The van der Waals surface area contributed by atoms with Gasteiger partial charge in [-0.2, -0.15) is 0 Å². The van der Waals surface area contributed by atoms with Crippen LogP contribution >= 0.6 is 23.6 Å². The standard InChI is InChI=1S/C12H14N4S2/c1-8-16-9(7-18-8)4-6-14-10-3-2-5-15-11(10)12(13)17/h2-3,5,7,14H,4,6H2,1H3,(H2,13,17). The van der Waals surface area contributed by atoms with E-state index in [0.717, 1.165) is 29.4 Å². The van der Waals surface area contributed by atoms with Crippen molar-refractivity contribution in [3.8, 4) is 0 Å². The molecular formula is C12H14N4S2. The maximum Gasteiger partial charge on any atom is 0.124 e. The van der Waals surface area contributed by atoms with E-state index in [0.29, 0.717) is 10.7 Å². The van der Waals surface area contributed by atoms with Gasteiger partial charge in [-0.25, -0.2) is 4.98 Å². The van der Waals surface area contributed by atoms with Crippen LogP contribution in [0, 0.1) is 6.92 Å². The Labute approximate surface area is 115 Å². The van der Waals surface area contributed by atoms with Crippen molar-refractivity contribution < 1.29 is 0 Å². The molecule has 2 rings (SSSR count). The number of pyridine rings is 1. The van der Waals surface area contributed by atoms with Gasteiger partial charge in [0.25, 0.3) is 0 Å². The van der Waals surface area contributed by atoms with Crippen LogP contribution < -0.4 is 11.1 Å². The van der Waals surface area contributed by atoms with Gasteiger partial charge < -0.3 is 11.1 Å². The molecule has 0 radical (unpaired) electrons. The number of nitrogens with two attached hydrogens (primary N) is 1. The largest absolute Gasteiger partial charge is 0.388 e. The SMILES string of the molecule is Cc1nc(CCNc2cccnc2C(N)=S)cs1. The molecule has 0 aliphatic rings. The molecule has 0 unspecified atom stereocenters. The Morgan fingerprint density at radius 1 is 1.56 bits per heavy atom. The van der Waals surface area contributed by atoms with Crippen LogP contribution in [0.2, 0.25) is 0 Å². The smallest absolute Gasteiger partial charge is 0.124 e. The lowest BCUT2D eigenvalue weighted by atomic mass is 10.2.